The van der Waals surface area contributed by atoms with E-state index in [4.69, 9.17) is 0 Å². The highest BCUT2D eigenvalue weighted by Crippen LogP contribution is 2.42. The van der Waals surface area contributed by atoms with Gasteiger partial charge in [0.15, 0.2) is 5.88 Å². The van der Waals surface area contributed by atoms with Crippen LogP contribution in [0.1, 0.15) is 41.7 Å². The maximum Gasteiger partial charge on any atom is 0.280 e. The molecule has 0 spiro atoms. The molecule has 0 aromatic carbocycles. The third-order valence-corrected chi connectivity index (χ3v) is 6.50. The predicted molar refractivity (Wildman–Crippen MR) is 99.0 cm³/mol. The van der Waals surface area contributed by atoms with Crippen LogP contribution in [0, 0.1) is 27.7 Å². The van der Waals surface area contributed by atoms with Crippen LogP contribution < -0.4 is 0 Å². The predicted octanol–water partition coefficient (Wildman–Crippen LogP) is 4.74. The van der Waals surface area contributed by atoms with Crippen LogP contribution >= 0.6 is 22.7 Å². The van der Waals surface area contributed by atoms with Crippen molar-refractivity contribution >= 4 is 34.3 Å². The van der Waals surface area contributed by atoms with E-state index in [0.29, 0.717) is 22.5 Å². The molecule has 1 aliphatic heterocycles. The lowest BCUT2D eigenvalue weighted by molar-refractivity contribution is 0.101. The van der Waals surface area contributed by atoms with Crippen molar-refractivity contribution in [3.63, 3.8) is 0 Å². The average Bonchev–Trinajstić information content (AvgIpc) is 3.19. The standard InChI is InChI=1S/C18H16N2O2S2/c1-7-5-9(3)23-15(7)13-11-12(18(22)19-13)14(20-17(11)21)16-8(2)6-10(4)24-16/h5-6,19,22H,1-4H3. The molecule has 4 rings (SSSR count). The Bertz CT molecular complexity index is 1030. The molecule has 3 aromatic rings. The molecule has 3 aromatic heterocycles. The van der Waals surface area contributed by atoms with E-state index in [-0.39, 0.29) is 11.8 Å². The topological polar surface area (TPSA) is 65.5 Å². The van der Waals surface area contributed by atoms with Gasteiger partial charge >= 0.3 is 0 Å². The zero-order valence-electron chi connectivity index (χ0n) is 13.8. The number of thiophene rings is 2. The van der Waals surface area contributed by atoms with Crippen LogP contribution in [0.25, 0.3) is 10.6 Å². The van der Waals surface area contributed by atoms with Gasteiger partial charge in [-0.2, -0.15) is 0 Å². The lowest BCUT2D eigenvalue weighted by Gasteiger charge is -1.99. The summed E-state index contributed by atoms with van der Waals surface area (Å²) in [6.45, 7) is 8.07. The fourth-order valence-corrected chi connectivity index (χ4v) is 5.30. The third-order valence-electron chi connectivity index (χ3n) is 4.17. The number of carbonyl (C=O) groups excluding carboxylic acids is 1. The van der Waals surface area contributed by atoms with Crippen LogP contribution in [-0.2, 0) is 0 Å². The van der Waals surface area contributed by atoms with Crippen molar-refractivity contribution in [2.24, 2.45) is 4.99 Å². The molecule has 0 bridgehead atoms. The van der Waals surface area contributed by atoms with E-state index in [1.807, 2.05) is 27.7 Å². The van der Waals surface area contributed by atoms with Gasteiger partial charge < -0.3 is 10.1 Å². The Morgan fingerprint density at radius 2 is 1.54 bits per heavy atom. The summed E-state index contributed by atoms with van der Waals surface area (Å²) in [4.78, 5) is 24.1. The van der Waals surface area contributed by atoms with Crippen LogP contribution in [0.5, 0.6) is 5.88 Å². The first-order chi connectivity index (χ1) is 11.4. The number of aromatic hydroxyl groups is 1. The molecule has 4 heterocycles. The molecule has 2 N–H and O–H groups in total. The molecule has 0 aliphatic carbocycles. The summed E-state index contributed by atoms with van der Waals surface area (Å²) in [5.74, 6) is -0.275. The van der Waals surface area contributed by atoms with Crippen LogP contribution in [-0.4, -0.2) is 21.7 Å². The number of H-pyrrole nitrogens is 1. The number of aromatic nitrogens is 1. The van der Waals surface area contributed by atoms with Crippen molar-refractivity contribution in [2.45, 2.75) is 27.7 Å². The normalized spacial score (nSPS) is 13.5. The van der Waals surface area contributed by atoms with Gasteiger partial charge in [0.2, 0.25) is 0 Å². The molecule has 0 unspecified atom stereocenters. The molecule has 0 saturated heterocycles. The van der Waals surface area contributed by atoms with Crippen molar-refractivity contribution < 1.29 is 9.90 Å². The minimum absolute atomic E-state index is 0.0144. The Hall–Kier alpha value is -2.18. The maximum absolute atomic E-state index is 12.6. The Morgan fingerprint density at radius 1 is 0.958 bits per heavy atom. The van der Waals surface area contributed by atoms with Crippen LogP contribution in [0.4, 0.5) is 0 Å². The summed E-state index contributed by atoms with van der Waals surface area (Å²) in [6, 6.07) is 4.15. The second-order valence-corrected chi connectivity index (χ2v) is 8.62. The van der Waals surface area contributed by atoms with E-state index in [2.05, 4.69) is 22.1 Å². The molecular weight excluding hydrogens is 340 g/mol. The molecule has 0 radical (unpaired) electrons. The van der Waals surface area contributed by atoms with Crippen molar-refractivity contribution in [3.05, 3.63) is 49.0 Å². The van der Waals surface area contributed by atoms with E-state index in [9.17, 15) is 9.90 Å². The summed E-state index contributed by atoms with van der Waals surface area (Å²) in [5.41, 5.74) is 4.43. The van der Waals surface area contributed by atoms with Crippen molar-refractivity contribution in [3.8, 4) is 16.5 Å². The van der Waals surface area contributed by atoms with E-state index in [1.54, 1.807) is 22.7 Å². The molecule has 1 amide bonds. The second-order valence-electron chi connectivity index (χ2n) is 6.10. The first-order valence-corrected chi connectivity index (χ1v) is 9.23. The first-order valence-electron chi connectivity index (χ1n) is 7.60. The van der Waals surface area contributed by atoms with Gasteiger partial charge in [0, 0.05) is 9.75 Å². The van der Waals surface area contributed by atoms with Gasteiger partial charge in [0.1, 0.15) is 0 Å². The number of carbonyl (C=O) groups is 1. The van der Waals surface area contributed by atoms with Gasteiger partial charge in [-0.1, -0.05) is 0 Å². The molecule has 6 heteroatoms. The van der Waals surface area contributed by atoms with Crippen molar-refractivity contribution in [2.75, 3.05) is 0 Å². The van der Waals surface area contributed by atoms with E-state index in [1.165, 1.54) is 4.88 Å². The molecule has 0 fully saturated rings. The number of nitrogens with one attached hydrogen (secondary N) is 1. The lowest BCUT2D eigenvalue weighted by atomic mass is 10.0. The average molecular weight is 356 g/mol. The molecule has 1 aliphatic rings. The number of hydrogen-bond acceptors (Lipinski definition) is 4. The highest BCUT2D eigenvalue weighted by molar-refractivity contribution is 7.15. The summed E-state index contributed by atoms with van der Waals surface area (Å²) in [5, 5.41) is 10.5. The smallest absolute Gasteiger partial charge is 0.280 e. The number of nitrogens with zero attached hydrogens (tertiary/aromatic N) is 1. The highest BCUT2D eigenvalue weighted by Gasteiger charge is 2.35. The van der Waals surface area contributed by atoms with E-state index in [0.717, 1.165) is 25.8 Å². The minimum atomic E-state index is -0.289. The molecule has 24 heavy (non-hydrogen) atoms. The number of rotatable bonds is 2. The van der Waals surface area contributed by atoms with Gasteiger partial charge in [0.25, 0.3) is 5.91 Å². The summed E-state index contributed by atoms with van der Waals surface area (Å²) < 4.78 is 0. The number of fused-ring (bicyclic) bond motifs is 1. The highest BCUT2D eigenvalue weighted by atomic mass is 32.1. The fourth-order valence-electron chi connectivity index (χ4n) is 3.25. The van der Waals surface area contributed by atoms with Gasteiger partial charge in [0.05, 0.1) is 32.3 Å². The van der Waals surface area contributed by atoms with Gasteiger partial charge in [-0.15, -0.1) is 22.7 Å². The summed E-state index contributed by atoms with van der Waals surface area (Å²) in [6.07, 6.45) is 0. The largest absolute Gasteiger partial charge is 0.494 e. The Labute approximate surface area is 147 Å². The van der Waals surface area contributed by atoms with Crippen LogP contribution in [0.2, 0.25) is 0 Å². The maximum atomic E-state index is 12.6. The number of amides is 1. The second kappa shape index (κ2) is 5.16. The Morgan fingerprint density at radius 3 is 2.08 bits per heavy atom. The zero-order valence-corrected chi connectivity index (χ0v) is 15.4. The first kappa shape index (κ1) is 15.4. The SMILES string of the molecule is Cc1cc(C)c(C2=NC(=O)c3c(-c4sc(C)cc4C)[nH]c(O)c32)s1. The minimum Gasteiger partial charge on any atom is -0.494 e. The summed E-state index contributed by atoms with van der Waals surface area (Å²) >= 11 is 3.20. The molecule has 0 saturated carbocycles. The molecule has 4 nitrogen and oxygen atoms in total. The lowest BCUT2D eigenvalue weighted by Crippen LogP contribution is -1.98. The molecule has 0 atom stereocenters. The van der Waals surface area contributed by atoms with Gasteiger partial charge in [-0.25, -0.2) is 4.99 Å². The Balaban J connectivity index is 1.94. The van der Waals surface area contributed by atoms with Crippen LogP contribution in [0.3, 0.4) is 0 Å². The summed E-state index contributed by atoms with van der Waals surface area (Å²) in [7, 11) is 0. The van der Waals surface area contributed by atoms with E-state index >= 15 is 0 Å². The number of aromatic amines is 1. The van der Waals surface area contributed by atoms with Crippen molar-refractivity contribution in [1.29, 1.82) is 0 Å². The quantitative estimate of drug-likeness (QED) is 0.697. The number of hydrogen-bond donors (Lipinski definition) is 2. The molecular formula is C18H16N2O2S2. The van der Waals surface area contributed by atoms with Crippen molar-refractivity contribution in [1.82, 2.24) is 4.98 Å². The Kier molecular flexibility index (Phi) is 3.30. The van der Waals surface area contributed by atoms with E-state index < -0.39 is 0 Å². The number of aliphatic imine (C=N–C) groups is 1. The van der Waals surface area contributed by atoms with Gasteiger partial charge in [-0.3, -0.25) is 4.79 Å². The van der Waals surface area contributed by atoms with Crippen LogP contribution in [0.15, 0.2) is 17.1 Å². The third kappa shape index (κ3) is 2.10. The van der Waals surface area contributed by atoms with Gasteiger partial charge in [-0.05, 0) is 51.0 Å². The monoisotopic (exact) mass is 356 g/mol. The fraction of sp³-hybridized carbons (Fsp3) is 0.222. The zero-order chi connectivity index (χ0) is 17.2. The molecule has 122 valence electrons. The number of aryl methyl sites for hydroxylation is 4.